The first kappa shape index (κ1) is 10.3. The van der Waals surface area contributed by atoms with Crippen molar-refractivity contribution in [2.24, 2.45) is 0 Å². The van der Waals surface area contributed by atoms with Crippen LogP contribution in [-0.4, -0.2) is 28.0 Å². The van der Waals surface area contributed by atoms with Gasteiger partial charge in [0.1, 0.15) is 5.82 Å². The van der Waals surface area contributed by atoms with Gasteiger partial charge in [-0.2, -0.15) is 9.97 Å². The Hall–Kier alpha value is -0.900. The third-order valence-electron chi connectivity index (χ3n) is 3.20. The minimum atomic E-state index is 0.345. The minimum Gasteiger partial charge on any atom is -0.341 e. The molecule has 5 heteroatoms. The van der Waals surface area contributed by atoms with Gasteiger partial charge in [0.15, 0.2) is 0 Å². The number of halogens is 1. The van der Waals surface area contributed by atoms with Crippen molar-refractivity contribution in [3.05, 3.63) is 11.1 Å². The molecular weight excluding hydrogens is 224 g/mol. The van der Waals surface area contributed by atoms with Crippen molar-refractivity contribution in [2.45, 2.75) is 38.0 Å². The zero-order valence-electron chi connectivity index (χ0n) is 9.19. The Morgan fingerprint density at radius 3 is 2.44 bits per heavy atom. The van der Waals surface area contributed by atoms with E-state index < -0.39 is 0 Å². The average molecular weight is 239 g/mol. The lowest BCUT2D eigenvalue weighted by Gasteiger charge is -2.26. The fourth-order valence-corrected chi connectivity index (χ4v) is 2.28. The molecule has 0 unspecified atom stereocenters. The van der Waals surface area contributed by atoms with Crippen LogP contribution >= 0.6 is 11.6 Å². The number of nitrogens with zero attached hydrogens (tertiary/aromatic N) is 4. The number of rotatable bonds is 2. The van der Waals surface area contributed by atoms with Crippen molar-refractivity contribution in [2.75, 3.05) is 18.0 Å². The third kappa shape index (κ3) is 2.12. The number of hydrogen-bond donors (Lipinski definition) is 0. The van der Waals surface area contributed by atoms with Gasteiger partial charge in [-0.15, -0.1) is 0 Å². The molecule has 86 valence electrons. The summed E-state index contributed by atoms with van der Waals surface area (Å²) in [7, 11) is 0. The van der Waals surface area contributed by atoms with Crippen molar-refractivity contribution in [1.82, 2.24) is 15.0 Å². The molecule has 16 heavy (non-hydrogen) atoms. The van der Waals surface area contributed by atoms with E-state index in [1.807, 2.05) is 0 Å². The van der Waals surface area contributed by atoms with Crippen molar-refractivity contribution in [1.29, 1.82) is 0 Å². The maximum atomic E-state index is 5.95. The van der Waals surface area contributed by atoms with E-state index in [1.165, 1.54) is 32.1 Å². The molecule has 0 N–H and O–H groups in total. The first-order valence-corrected chi connectivity index (χ1v) is 6.37. The Morgan fingerprint density at radius 2 is 1.75 bits per heavy atom. The Bertz CT molecular complexity index is 386. The highest BCUT2D eigenvalue weighted by molar-refractivity contribution is 6.28. The fraction of sp³-hybridized carbons (Fsp3) is 0.727. The lowest BCUT2D eigenvalue weighted by Crippen LogP contribution is -2.31. The van der Waals surface area contributed by atoms with E-state index in [0.29, 0.717) is 11.2 Å². The molecule has 0 spiro atoms. The van der Waals surface area contributed by atoms with Gasteiger partial charge in [0.2, 0.25) is 11.2 Å². The average Bonchev–Trinajstić information content (AvgIpc) is 3.13. The van der Waals surface area contributed by atoms with Gasteiger partial charge >= 0.3 is 0 Å². The monoisotopic (exact) mass is 238 g/mol. The summed E-state index contributed by atoms with van der Waals surface area (Å²) in [5, 5.41) is 0.345. The number of aromatic nitrogens is 3. The second-order valence-corrected chi connectivity index (χ2v) is 4.92. The summed E-state index contributed by atoms with van der Waals surface area (Å²) in [5.41, 5.74) is 0. The van der Waals surface area contributed by atoms with Gasteiger partial charge in [0.05, 0.1) is 0 Å². The second-order valence-electron chi connectivity index (χ2n) is 4.58. The van der Waals surface area contributed by atoms with Gasteiger partial charge < -0.3 is 4.90 Å². The molecule has 1 aliphatic heterocycles. The van der Waals surface area contributed by atoms with Gasteiger partial charge in [0, 0.05) is 19.0 Å². The molecule has 0 bridgehead atoms. The van der Waals surface area contributed by atoms with E-state index in [1.54, 1.807) is 0 Å². The van der Waals surface area contributed by atoms with Gasteiger partial charge in [-0.25, -0.2) is 4.98 Å². The van der Waals surface area contributed by atoms with Crippen LogP contribution in [0.15, 0.2) is 0 Å². The Kier molecular flexibility index (Phi) is 2.67. The van der Waals surface area contributed by atoms with Crippen molar-refractivity contribution in [3.8, 4) is 0 Å². The van der Waals surface area contributed by atoms with Crippen molar-refractivity contribution < 1.29 is 0 Å². The molecular formula is C11H15ClN4. The summed E-state index contributed by atoms with van der Waals surface area (Å²) in [6, 6.07) is 0. The predicted molar refractivity (Wildman–Crippen MR) is 62.9 cm³/mol. The highest BCUT2D eigenvalue weighted by atomic mass is 35.5. The quantitative estimate of drug-likeness (QED) is 0.794. The summed E-state index contributed by atoms with van der Waals surface area (Å²) in [6.07, 6.45) is 6.15. The van der Waals surface area contributed by atoms with E-state index in [4.69, 9.17) is 11.6 Å². The molecule has 1 saturated heterocycles. The summed E-state index contributed by atoms with van der Waals surface area (Å²) < 4.78 is 0. The second kappa shape index (κ2) is 4.17. The Labute approximate surface area is 100 Å². The number of piperidine rings is 1. The Morgan fingerprint density at radius 1 is 1.00 bits per heavy atom. The molecule has 0 aromatic carbocycles. The molecule has 3 rings (SSSR count). The maximum absolute atomic E-state index is 5.95. The molecule has 1 aromatic rings. The van der Waals surface area contributed by atoms with Gasteiger partial charge in [-0.05, 0) is 43.7 Å². The zero-order chi connectivity index (χ0) is 11.0. The predicted octanol–water partition coefficient (Wildman–Crippen LogP) is 2.39. The van der Waals surface area contributed by atoms with E-state index in [-0.39, 0.29) is 0 Å². The number of hydrogen-bond acceptors (Lipinski definition) is 4. The molecule has 4 nitrogen and oxygen atoms in total. The van der Waals surface area contributed by atoms with Gasteiger partial charge in [-0.3, -0.25) is 0 Å². The first-order chi connectivity index (χ1) is 7.83. The molecule has 0 amide bonds. The summed E-state index contributed by atoms with van der Waals surface area (Å²) in [5.74, 6) is 2.20. The van der Waals surface area contributed by atoms with Gasteiger partial charge in [-0.1, -0.05) is 0 Å². The largest absolute Gasteiger partial charge is 0.341 e. The number of anilines is 1. The van der Waals surface area contributed by atoms with Crippen LogP contribution in [-0.2, 0) is 0 Å². The molecule has 2 heterocycles. The van der Waals surface area contributed by atoms with Crippen LogP contribution in [0, 0.1) is 0 Å². The SMILES string of the molecule is Clc1nc(C2CC2)nc(N2CCCCC2)n1. The lowest BCUT2D eigenvalue weighted by atomic mass is 10.1. The van der Waals surface area contributed by atoms with Crippen LogP contribution < -0.4 is 4.90 Å². The first-order valence-electron chi connectivity index (χ1n) is 5.99. The highest BCUT2D eigenvalue weighted by Crippen LogP contribution is 2.38. The van der Waals surface area contributed by atoms with Crippen molar-refractivity contribution >= 4 is 17.5 Å². The van der Waals surface area contributed by atoms with Crippen LogP contribution in [0.1, 0.15) is 43.8 Å². The molecule has 0 atom stereocenters. The van der Waals surface area contributed by atoms with Crippen LogP contribution in [0.3, 0.4) is 0 Å². The molecule has 2 aliphatic rings. The maximum Gasteiger partial charge on any atom is 0.229 e. The summed E-state index contributed by atoms with van der Waals surface area (Å²) >= 11 is 5.95. The highest BCUT2D eigenvalue weighted by Gasteiger charge is 2.28. The fourth-order valence-electron chi connectivity index (χ4n) is 2.11. The van der Waals surface area contributed by atoms with Crippen LogP contribution in [0.4, 0.5) is 5.95 Å². The van der Waals surface area contributed by atoms with Crippen LogP contribution in [0.25, 0.3) is 0 Å². The Balaban J connectivity index is 1.86. The minimum absolute atomic E-state index is 0.345. The van der Waals surface area contributed by atoms with Crippen LogP contribution in [0.2, 0.25) is 5.28 Å². The topological polar surface area (TPSA) is 41.9 Å². The molecule has 0 radical (unpaired) electrons. The van der Waals surface area contributed by atoms with E-state index in [9.17, 15) is 0 Å². The molecule has 1 aromatic heterocycles. The van der Waals surface area contributed by atoms with Crippen LogP contribution in [0.5, 0.6) is 0 Å². The zero-order valence-corrected chi connectivity index (χ0v) is 9.95. The summed E-state index contributed by atoms with van der Waals surface area (Å²) in [6.45, 7) is 2.09. The normalized spacial score (nSPS) is 21.2. The van der Waals surface area contributed by atoms with Gasteiger partial charge in [0.25, 0.3) is 0 Å². The van der Waals surface area contributed by atoms with E-state index >= 15 is 0 Å². The third-order valence-corrected chi connectivity index (χ3v) is 3.36. The molecule has 1 saturated carbocycles. The molecule has 1 aliphatic carbocycles. The molecule has 2 fully saturated rings. The summed E-state index contributed by atoms with van der Waals surface area (Å²) in [4.78, 5) is 15.2. The smallest absolute Gasteiger partial charge is 0.229 e. The standard InChI is InChI=1S/C11H15ClN4/c12-10-13-9(8-4-5-8)14-11(15-10)16-6-2-1-3-7-16/h8H,1-7H2. The van der Waals surface area contributed by atoms with E-state index in [0.717, 1.165) is 24.9 Å². The van der Waals surface area contributed by atoms with Crippen molar-refractivity contribution in [3.63, 3.8) is 0 Å². The van der Waals surface area contributed by atoms with E-state index in [2.05, 4.69) is 19.9 Å². The lowest BCUT2D eigenvalue weighted by molar-refractivity contribution is 0.565.